The molecular formula is C11H13NO. The summed E-state index contributed by atoms with van der Waals surface area (Å²) in [5, 5.41) is 12.6. The van der Waals surface area contributed by atoms with Crippen molar-refractivity contribution in [3.8, 4) is 5.75 Å². The van der Waals surface area contributed by atoms with Crippen molar-refractivity contribution in [2.75, 3.05) is 11.9 Å². The molecule has 1 heterocycles. The van der Waals surface area contributed by atoms with Crippen LogP contribution < -0.4 is 5.32 Å². The summed E-state index contributed by atoms with van der Waals surface area (Å²) in [6, 6.07) is 5.45. The van der Waals surface area contributed by atoms with Crippen molar-refractivity contribution in [2.24, 2.45) is 0 Å². The van der Waals surface area contributed by atoms with Gasteiger partial charge in [0.15, 0.2) is 0 Å². The summed E-state index contributed by atoms with van der Waals surface area (Å²) in [5.74, 6) is 0.318. The van der Waals surface area contributed by atoms with E-state index >= 15 is 0 Å². The van der Waals surface area contributed by atoms with Crippen LogP contribution in [-0.4, -0.2) is 11.7 Å². The van der Waals surface area contributed by atoms with Crippen LogP contribution in [0.1, 0.15) is 19.4 Å². The zero-order valence-corrected chi connectivity index (χ0v) is 7.89. The Hall–Kier alpha value is -1.44. The maximum absolute atomic E-state index is 9.28. The molecule has 0 spiro atoms. The Bertz CT molecular complexity index is 380. The fourth-order valence-electron chi connectivity index (χ4n) is 1.60. The van der Waals surface area contributed by atoms with Gasteiger partial charge in [0.2, 0.25) is 0 Å². The quantitative estimate of drug-likeness (QED) is 0.635. The molecule has 1 aromatic carbocycles. The van der Waals surface area contributed by atoms with E-state index in [1.165, 1.54) is 16.7 Å². The Morgan fingerprint density at radius 1 is 1.31 bits per heavy atom. The molecule has 68 valence electrons. The highest BCUT2D eigenvalue weighted by Crippen LogP contribution is 2.32. The van der Waals surface area contributed by atoms with Crippen LogP contribution in [0.4, 0.5) is 5.69 Å². The molecule has 0 amide bonds. The summed E-state index contributed by atoms with van der Waals surface area (Å²) in [4.78, 5) is 0. The van der Waals surface area contributed by atoms with Crippen molar-refractivity contribution in [3.63, 3.8) is 0 Å². The molecule has 13 heavy (non-hydrogen) atoms. The molecular weight excluding hydrogens is 162 g/mol. The average molecular weight is 175 g/mol. The molecule has 0 saturated heterocycles. The number of fused-ring (bicyclic) bond motifs is 1. The summed E-state index contributed by atoms with van der Waals surface area (Å²) < 4.78 is 0. The summed E-state index contributed by atoms with van der Waals surface area (Å²) in [7, 11) is 0. The Morgan fingerprint density at radius 3 is 2.85 bits per heavy atom. The van der Waals surface area contributed by atoms with Crippen molar-refractivity contribution in [3.05, 3.63) is 29.3 Å². The van der Waals surface area contributed by atoms with E-state index in [2.05, 4.69) is 19.2 Å². The molecule has 0 fully saturated rings. The Morgan fingerprint density at radius 2 is 2.08 bits per heavy atom. The second kappa shape index (κ2) is 2.80. The number of nitrogens with one attached hydrogen (secondary N) is 1. The van der Waals surface area contributed by atoms with Gasteiger partial charge in [-0.3, -0.25) is 0 Å². The predicted molar refractivity (Wildman–Crippen MR) is 54.9 cm³/mol. The molecule has 2 N–H and O–H groups in total. The Kier molecular flexibility index (Phi) is 1.76. The number of anilines is 1. The smallest absolute Gasteiger partial charge is 0.117 e. The van der Waals surface area contributed by atoms with Gasteiger partial charge >= 0.3 is 0 Å². The fraction of sp³-hybridized carbons (Fsp3) is 0.273. The molecule has 0 aromatic heterocycles. The molecule has 0 atom stereocenters. The topological polar surface area (TPSA) is 32.3 Å². The summed E-state index contributed by atoms with van der Waals surface area (Å²) in [6.45, 7) is 5.12. The molecule has 2 heteroatoms. The van der Waals surface area contributed by atoms with Crippen molar-refractivity contribution in [1.82, 2.24) is 0 Å². The van der Waals surface area contributed by atoms with E-state index < -0.39 is 0 Å². The highest BCUT2D eigenvalue weighted by atomic mass is 16.3. The van der Waals surface area contributed by atoms with E-state index in [9.17, 15) is 5.11 Å². The molecule has 1 aromatic rings. The van der Waals surface area contributed by atoms with E-state index in [4.69, 9.17) is 0 Å². The third-order valence-corrected chi connectivity index (χ3v) is 2.59. The van der Waals surface area contributed by atoms with Crippen LogP contribution in [0.2, 0.25) is 0 Å². The minimum Gasteiger partial charge on any atom is -0.508 e. The molecule has 0 saturated carbocycles. The van der Waals surface area contributed by atoms with Crippen LogP contribution in [0.5, 0.6) is 5.75 Å². The lowest BCUT2D eigenvalue weighted by molar-refractivity contribution is 0.475. The predicted octanol–water partition coefficient (Wildman–Crippen LogP) is 2.61. The minimum atomic E-state index is 0.318. The second-order valence-corrected chi connectivity index (χ2v) is 3.49. The first-order valence-corrected chi connectivity index (χ1v) is 4.42. The van der Waals surface area contributed by atoms with Gasteiger partial charge in [-0.1, -0.05) is 5.57 Å². The van der Waals surface area contributed by atoms with Crippen LogP contribution in [0.25, 0.3) is 5.57 Å². The molecule has 0 aliphatic carbocycles. The van der Waals surface area contributed by atoms with Crippen LogP contribution >= 0.6 is 0 Å². The van der Waals surface area contributed by atoms with Gasteiger partial charge in [-0.05, 0) is 31.6 Å². The first kappa shape index (κ1) is 8.17. The van der Waals surface area contributed by atoms with E-state index in [0.29, 0.717) is 5.75 Å². The zero-order chi connectivity index (χ0) is 9.42. The van der Waals surface area contributed by atoms with E-state index in [1.807, 2.05) is 6.07 Å². The fourth-order valence-corrected chi connectivity index (χ4v) is 1.60. The lowest BCUT2D eigenvalue weighted by atomic mass is 9.97. The maximum atomic E-state index is 9.28. The Labute approximate surface area is 77.9 Å². The molecule has 2 rings (SSSR count). The van der Waals surface area contributed by atoms with Gasteiger partial charge in [-0.25, -0.2) is 0 Å². The lowest BCUT2D eigenvalue weighted by Crippen LogP contribution is -2.11. The average Bonchev–Trinajstić information content (AvgIpc) is 2.12. The first-order chi connectivity index (χ1) is 6.18. The minimum absolute atomic E-state index is 0.318. The number of hydrogen-bond acceptors (Lipinski definition) is 2. The van der Waals surface area contributed by atoms with Crippen molar-refractivity contribution < 1.29 is 5.11 Å². The van der Waals surface area contributed by atoms with Crippen LogP contribution in [0.3, 0.4) is 0 Å². The lowest BCUT2D eigenvalue weighted by Gasteiger charge is -2.20. The number of rotatable bonds is 0. The van der Waals surface area contributed by atoms with Gasteiger partial charge in [0.25, 0.3) is 0 Å². The van der Waals surface area contributed by atoms with E-state index in [-0.39, 0.29) is 0 Å². The SMILES string of the molecule is CC1=C(C)c2ccc(O)cc2NC1. The standard InChI is InChI=1S/C11H13NO/c1-7-6-12-11-5-9(13)3-4-10(11)8(7)2/h3-5,12-13H,6H2,1-2H3. The molecule has 1 aliphatic rings. The van der Waals surface area contributed by atoms with Crippen molar-refractivity contribution in [1.29, 1.82) is 0 Å². The molecule has 0 radical (unpaired) electrons. The third-order valence-electron chi connectivity index (χ3n) is 2.59. The maximum Gasteiger partial charge on any atom is 0.117 e. The number of phenols is 1. The number of benzene rings is 1. The van der Waals surface area contributed by atoms with Crippen molar-refractivity contribution in [2.45, 2.75) is 13.8 Å². The van der Waals surface area contributed by atoms with Gasteiger partial charge in [-0.2, -0.15) is 0 Å². The van der Waals surface area contributed by atoms with Crippen LogP contribution in [0.15, 0.2) is 23.8 Å². The van der Waals surface area contributed by atoms with Gasteiger partial charge in [0.1, 0.15) is 5.75 Å². The van der Waals surface area contributed by atoms with Gasteiger partial charge in [0, 0.05) is 23.9 Å². The van der Waals surface area contributed by atoms with E-state index in [0.717, 1.165) is 12.2 Å². The molecule has 0 unspecified atom stereocenters. The van der Waals surface area contributed by atoms with E-state index in [1.54, 1.807) is 12.1 Å². The van der Waals surface area contributed by atoms with Crippen LogP contribution in [0, 0.1) is 0 Å². The largest absolute Gasteiger partial charge is 0.508 e. The number of aromatic hydroxyl groups is 1. The normalized spacial score (nSPS) is 15.2. The Balaban J connectivity index is 2.58. The second-order valence-electron chi connectivity index (χ2n) is 3.49. The summed E-state index contributed by atoms with van der Waals surface area (Å²) >= 11 is 0. The highest BCUT2D eigenvalue weighted by molar-refractivity contribution is 5.81. The first-order valence-electron chi connectivity index (χ1n) is 4.42. The molecule has 2 nitrogen and oxygen atoms in total. The van der Waals surface area contributed by atoms with Crippen molar-refractivity contribution >= 4 is 11.3 Å². The highest BCUT2D eigenvalue weighted by Gasteiger charge is 2.12. The third kappa shape index (κ3) is 1.28. The summed E-state index contributed by atoms with van der Waals surface area (Å²) in [5.41, 5.74) is 4.90. The van der Waals surface area contributed by atoms with Gasteiger partial charge in [-0.15, -0.1) is 0 Å². The number of hydrogen-bond donors (Lipinski definition) is 2. The zero-order valence-electron chi connectivity index (χ0n) is 7.89. The molecule has 1 aliphatic heterocycles. The summed E-state index contributed by atoms with van der Waals surface area (Å²) in [6.07, 6.45) is 0. The number of allylic oxidation sites excluding steroid dienone is 1. The van der Waals surface area contributed by atoms with Gasteiger partial charge < -0.3 is 10.4 Å². The van der Waals surface area contributed by atoms with Crippen LogP contribution in [-0.2, 0) is 0 Å². The van der Waals surface area contributed by atoms with Gasteiger partial charge in [0.05, 0.1) is 0 Å². The monoisotopic (exact) mass is 175 g/mol. The number of phenolic OH excluding ortho intramolecular Hbond substituents is 1. The molecule has 0 bridgehead atoms.